The average Bonchev–Trinajstić information content (AvgIpc) is 2.38. The highest BCUT2D eigenvalue weighted by Gasteiger charge is 2.16. The maximum absolute atomic E-state index is 13.1. The first-order valence-corrected chi connectivity index (χ1v) is 5.34. The zero-order chi connectivity index (χ0) is 13.1. The highest BCUT2D eigenvalue weighted by molar-refractivity contribution is 5.60. The molecule has 1 heterocycles. The van der Waals surface area contributed by atoms with Crippen LogP contribution in [0.1, 0.15) is 17.2 Å². The van der Waals surface area contributed by atoms with E-state index < -0.39 is 11.9 Å². The zero-order valence-electron chi connectivity index (χ0n) is 9.80. The van der Waals surface area contributed by atoms with Crippen LogP contribution in [0.4, 0.5) is 10.1 Å². The Hall–Kier alpha value is -2.14. The molecule has 1 unspecified atom stereocenters. The summed E-state index contributed by atoms with van der Waals surface area (Å²) in [5.41, 5.74) is 7.00. The van der Waals surface area contributed by atoms with Crippen molar-refractivity contribution in [2.45, 2.75) is 6.10 Å². The fourth-order valence-electron chi connectivity index (χ4n) is 1.73. The van der Waals surface area contributed by atoms with Crippen molar-refractivity contribution >= 4 is 5.69 Å². The van der Waals surface area contributed by atoms with Gasteiger partial charge in [0, 0.05) is 17.3 Å². The highest BCUT2D eigenvalue weighted by atomic mass is 19.1. The first kappa shape index (κ1) is 12.3. The molecule has 0 amide bonds. The summed E-state index contributed by atoms with van der Waals surface area (Å²) >= 11 is 0. The van der Waals surface area contributed by atoms with Gasteiger partial charge < -0.3 is 15.6 Å². The van der Waals surface area contributed by atoms with Crippen LogP contribution < -0.4 is 10.5 Å². The number of methoxy groups -OCH3 is 1. The summed E-state index contributed by atoms with van der Waals surface area (Å²) in [7, 11) is 1.49. The van der Waals surface area contributed by atoms with Gasteiger partial charge in [0.1, 0.15) is 17.7 Å². The van der Waals surface area contributed by atoms with E-state index in [9.17, 15) is 9.50 Å². The van der Waals surface area contributed by atoms with Gasteiger partial charge in [0.05, 0.1) is 19.0 Å². The predicted molar refractivity (Wildman–Crippen MR) is 65.7 cm³/mol. The minimum absolute atomic E-state index is 0.330. The lowest BCUT2D eigenvalue weighted by atomic mass is 10.0. The average molecular weight is 248 g/mol. The van der Waals surface area contributed by atoms with Crippen LogP contribution in [0, 0.1) is 5.82 Å². The van der Waals surface area contributed by atoms with Crippen LogP contribution in [-0.2, 0) is 0 Å². The van der Waals surface area contributed by atoms with E-state index in [1.54, 1.807) is 18.2 Å². The quantitative estimate of drug-likeness (QED) is 0.814. The van der Waals surface area contributed by atoms with Crippen molar-refractivity contribution in [3.05, 3.63) is 53.6 Å². The summed E-state index contributed by atoms with van der Waals surface area (Å²) in [4.78, 5) is 3.70. The zero-order valence-corrected chi connectivity index (χ0v) is 9.80. The number of benzene rings is 1. The number of hydrogen-bond acceptors (Lipinski definition) is 4. The molecule has 0 saturated heterocycles. The lowest BCUT2D eigenvalue weighted by Crippen LogP contribution is -2.06. The Morgan fingerprint density at radius 1 is 1.39 bits per heavy atom. The minimum atomic E-state index is -1.04. The molecule has 0 fully saturated rings. The maximum atomic E-state index is 13.1. The predicted octanol–water partition coefficient (Wildman–Crippen LogP) is 1.89. The van der Waals surface area contributed by atoms with Crippen molar-refractivity contribution in [2.24, 2.45) is 0 Å². The van der Waals surface area contributed by atoms with Crippen LogP contribution in [0.3, 0.4) is 0 Å². The first-order chi connectivity index (χ1) is 8.63. The molecule has 4 nitrogen and oxygen atoms in total. The number of anilines is 1. The topological polar surface area (TPSA) is 68.4 Å². The van der Waals surface area contributed by atoms with Gasteiger partial charge in [0.25, 0.3) is 0 Å². The molecule has 2 aromatic rings. The number of ether oxygens (including phenoxy) is 1. The molecule has 5 heteroatoms. The Balaban J connectivity index is 2.43. The summed E-state index contributed by atoms with van der Waals surface area (Å²) in [6, 6.07) is 6.28. The SMILES string of the molecule is COc1cccc(C(O)c2cncc(F)c2)c1N. The molecule has 0 radical (unpaired) electrons. The van der Waals surface area contributed by atoms with Gasteiger partial charge in [-0.3, -0.25) is 4.98 Å². The number of hydrogen-bond donors (Lipinski definition) is 2. The molecule has 18 heavy (non-hydrogen) atoms. The fraction of sp³-hybridized carbons (Fsp3) is 0.154. The molecule has 1 aromatic carbocycles. The number of aliphatic hydroxyl groups is 1. The van der Waals surface area contributed by atoms with Crippen molar-refractivity contribution in [3.8, 4) is 5.75 Å². The van der Waals surface area contributed by atoms with Gasteiger partial charge in [-0.05, 0) is 12.1 Å². The number of para-hydroxylation sites is 1. The molecular formula is C13H13FN2O2. The second kappa shape index (κ2) is 5.01. The molecule has 0 aliphatic heterocycles. The number of nitrogens with two attached hydrogens (primary N) is 1. The smallest absolute Gasteiger partial charge is 0.142 e. The lowest BCUT2D eigenvalue weighted by molar-refractivity contribution is 0.219. The third-order valence-electron chi connectivity index (χ3n) is 2.66. The van der Waals surface area contributed by atoms with E-state index >= 15 is 0 Å². The molecule has 0 saturated carbocycles. The number of aromatic nitrogens is 1. The van der Waals surface area contributed by atoms with Gasteiger partial charge >= 0.3 is 0 Å². The second-order valence-corrected chi connectivity index (χ2v) is 3.80. The van der Waals surface area contributed by atoms with Crippen LogP contribution in [0.2, 0.25) is 0 Å². The number of rotatable bonds is 3. The van der Waals surface area contributed by atoms with E-state index in [2.05, 4.69) is 4.98 Å². The number of nitrogen functional groups attached to an aromatic ring is 1. The number of halogens is 1. The molecular weight excluding hydrogens is 235 g/mol. The molecule has 3 N–H and O–H groups in total. The molecule has 2 rings (SSSR count). The Labute approximate surface area is 104 Å². The third kappa shape index (κ3) is 2.26. The molecule has 1 atom stereocenters. The van der Waals surface area contributed by atoms with Crippen molar-refractivity contribution in [3.63, 3.8) is 0 Å². The monoisotopic (exact) mass is 248 g/mol. The summed E-state index contributed by atoms with van der Waals surface area (Å²) in [6.07, 6.45) is 1.43. The van der Waals surface area contributed by atoms with Crippen molar-refractivity contribution in [2.75, 3.05) is 12.8 Å². The standard InChI is InChI=1S/C13H13FN2O2/c1-18-11-4-2-3-10(12(11)15)13(17)8-5-9(14)7-16-6-8/h2-7,13,17H,15H2,1H3. The van der Waals surface area contributed by atoms with Crippen LogP contribution in [-0.4, -0.2) is 17.2 Å². The van der Waals surface area contributed by atoms with Gasteiger partial charge in [-0.2, -0.15) is 0 Å². The second-order valence-electron chi connectivity index (χ2n) is 3.80. The largest absolute Gasteiger partial charge is 0.495 e. The van der Waals surface area contributed by atoms with Crippen LogP contribution in [0.25, 0.3) is 0 Å². The van der Waals surface area contributed by atoms with E-state index in [1.807, 2.05) is 0 Å². The van der Waals surface area contributed by atoms with E-state index in [4.69, 9.17) is 10.5 Å². The van der Waals surface area contributed by atoms with Gasteiger partial charge in [0.2, 0.25) is 0 Å². The Kier molecular flexibility index (Phi) is 3.43. The maximum Gasteiger partial charge on any atom is 0.142 e. The van der Waals surface area contributed by atoms with Crippen molar-refractivity contribution in [1.29, 1.82) is 0 Å². The van der Waals surface area contributed by atoms with E-state index in [0.29, 0.717) is 22.6 Å². The first-order valence-electron chi connectivity index (χ1n) is 5.34. The Morgan fingerprint density at radius 3 is 2.83 bits per heavy atom. The normalized spacial score (nSPS) is 12.2. The molecule has 0 aliphatic carbocycles. The van der Waals surface area contributed by atoms with E-state index in [1.165, 1.54) is 19.4 Å². The summed E-state index contributed by atoms with van der Waals surface area (Å²) in [5, 5.41) is 10.2. The number of nitrogens with zero attached hydrogens (tertiary/aromatic N) is 1. The summed E-state index contributed by atoms with van der Waals surface area (Å²) in [6.45, 7) is 0. The highest BCUT2D eigenvalue weighted by Crippen LogP contribution is 2.32. The molecule has 0 aliphatic rings. The molecule has 94 valence electrons. The van der Waals surface area contributed by atoms with Gasteiger partial charge in [0.15, 0.2) is 0 Å². The Morgan fingerprint density at radius 2 is 2.17 bits per heavy atom. The molecule has 1 aromatic heterocycles. The van der Waals surface area contributed by atoms with Crippen molar-refractivity contribution in [1.82, 2.24) is 4.98 Å². The summed E-state index contributed by atoms with van der Waals surface area (Å²) in [5.74, 6) is -0.0380. The fourth-order valence-corrected chi connectivity index (χ4v) is 1.73. The minimum Gasteiger partial charge on any atom is -0.495 e. The van der Waals surface area contributed by atoms with E-state index in [-0.39, 0.29) is 0 Å². The van der Waals surface area contributed by atoms with Crippen LogP contribution in [0.5, 0.6) is 5.75 Å². The molecule has 0 bridgehead atoms. The van der Waals surface area contributed by atoms with Crippen LogP contribution >= 0.6 is 0 Å². The number of pyridine rings is 1. The van der Waals surface area contributed by atoms with Gasteiger partial charge in [-0.25, -0.2) is 4.39 Å². The van der Waals surface area contributed by atoms with Crippen molar-refractivity contribution < 1.29 is 14.2 Å². The van der Waals surface area contributed by atoms with Crippen LogP contribution in [0.15, 0.2) is 36.7 Å². The van der Waals surface area contributed by atoms with Gasteiger partial charge in [-0.15, -0.1) is 0 Å². The Bertz CT molecular complexity index is 560. The molecule has 0 spiro atoms. The number of aliphatic hydroxyl groups excluding tert-OH is 1. The lowest BCUT2D eigenvalue weighted by Gasteiger charge is -2.15. The van der Waals surface area contributed by atoms with E-state index in [0.717, 1.165) is 6.20 Å². The van der Waals surface area contributed by atoms with Gasteiger partial charge in [-0.1, -0.05) is 12.1 Å². The third-order valence-corrected chi connectivity index (χ3v) is 2.66. The summed E-state index contributed by atoms with van der Waals surface area (Å²) < 4.78 is 18.1.